The highest BCUT2D eigenvalue weighted by Gasteiger charge is 2.17. The summed E-state index contributed by atoms with van der Waals surface area (Å²) in [6.45, 7) is 3.28. The first-order valence-electron chi connectivity index (χ1n) is 5.78. The molecule has 2 rings (SSSR count). The van der Waals surface area contributed by atoms with E-state index in [1.807, 2.05) is 0 Å². The number of hydrogen-bond acceptors (Lipinski definition) is 4. The van der Waals surface area contributed by atoms with Gasteiger partial charge in [0.25, 0.3) is 0 Å². The van der Waals surface area contributed by atoms with Crippen molar-refractivity contribution in [3.63, 3.8) is 0 Å². The van der Waals surface area contributed by atoms with E-state index in [4.69, 9.17) is 4.74 Å². The van der Waals surface area contributed by atoms with Crippen molar-refractivity contribution in [1.29, 1.82) is 0 Å². The molecule has 0 spiro atoms. The first-order valence-corrected chi connectivity index (χ1v) is 7.27. The molecular formula is C15H12O4S. The minimum atomic E-state index is -3.55. The minimum absolute atomic E-state index is 0.141. The van der Waals surface area contributed by atoms with E-state index < -0.39 is 15.8 Å². The van der Waals surface area contributed by atoms with Crippen LogP contribution in [0.3, 0.4) is 0 Å². The molecule has 0 atom stereocenters. The van der Waals surface area contributed by atoms with Crippen molar-refractivity contribution in [2.75, 3.05) is 0 Å². The van der Waals surface area contributed by atoms with Gasteiger partial charge in [0, 0.05) is 6.08 Å². The number of benzene rings is 2. The minimum Gasteiger partial charge on any atom is -0.423 e. The average molecular weight is 288 g/mol. The Labute approximate surface area is 117 Å². The fourth-order valence-corrected chi connectivity index (χ4v) is 2.86. The van der Waals surface area contributed by atoms with E-state index in [9.17, 15) is 13.2 Å². The third-order valence-corrected chi connectivity index (χ3v) is 4.36. The monoisotopic (exact) mass is 288 g/mol. The normalized spacial score (nSPS) is 10.8. The predicted molar refractivity (Wildman–Crippen MR) is 74.2 cm³/mol. The van der Waals surface area contributed by atoms with Crippen LogP contribution < -0.4 is 4.74 Å². The zero-order valence-corrected chi connectivity index (χ0v) is 11.3. The molecule has 0 aliphatic rings. The molecule has 20 heavy (non-hydrogen) atoms. The molecule has 0 radical (unpaired) electrons. The van der Waals surface area contributed by atoms with Crippen molar-refractivity contribution in [3.05, 3.63) is 67.3 Å². The van der Waals surface area contributed by atoms with E-state index in [2.05, 4.69) is 6.58 Å². The smallest absolute Gasteiger partial charge is 0.335 e. The van der Waals surface area contributed by atoms with Crippen LogP contribution >= 0.6 is 0 Å². The fourth-order valence-electron chi connectivity index (χ4n) is 1.58. The van der Waals surface area contributed by atoms with Gasteiger partial charge in [-0.15, -0.1) is 0 Å². The topological polar surface area (TPSA) is 60.4 Å². The van der Waals surface area contributed by atoms with E-state index in [0.29, 0.717) is 0 Å². The van der Waals surface area contributed by atoms with Gasteiger partial charge in [0.1, 0.15) is 5.75 Å². The van der Waals surface area contributed by atoms with Crippen LogP contribution in [0.5, 0.6) is 5.75 Å². The quantitative estimate of drug-likeness (QED) is 0.493. The van der Waals surface area contributed by atoms with Crippen LogP contribution in [-0.2, 0) is 14.6 Å². The van der Waals surface area contributed by atoms with Gasteiger partial charge in [-0.1, -0.05) is 24.8 Å². The Kier molecular flexibility index (Phi) is 4.00. The summed E-state index contributed by atoms with van der Waals surface area (Å²) in [5.41, 5.74) is 0. The highest BCUT2D eigenvalue weighted by molar-refractivity contribution is 7.91. The van der Waals surface area contributed by atoms with E-state index in [1.54, 1.807) is 18.2 Å². The van der Waals surface area contributed by atoms with Crippen LogP contribution in [0.2, 0.25) is 0 Å². The van der Waals surface area contributed by atoms with Crippen LogP contribution in [0, 0.1) is 0 Å². The third-order valence-electron chi connectivity index (χ3n) is 2.57. The van der Waals surface area contributed by atoms with Gasteiger partial charge in [-0.25, -0.2) is 13.2 Å². The van der Waals surface area contributed by atoms with Gasteiger partial charge in [-0.2, -0.15) is 0 Å². The van der Waals surface area contributed by atoms with Crippen molar-refractivity contribution in [2.24, 2.45) is 0 Å². The molecular weight excluding hydrogens is 276 g/mol. The summed E-state index contributed by atoms with van der Waals surface area (Å²) in [5, 5.41) is 0. The lowest BCUT2D eigenvalue weighted by Gasteiger charge is -2.06. The highest BCUT2D eigenvalue weighted by atomic mass is 32.2. The molecule has 0 fully saturated rings. The summed E-state index contributed by atoms with van der Waals surface area (Å²) in [6, 6.07) is 13.8. The van der Waals surface area contributed by atoms with Gasteiger partial charge in [0.15, 0.2) is 0 Å². The first kappa shape index (κ1) is 14.0. The molecule has 102 valence electrons. The van der Waals surface area contributed by atoms with Crippen molar-refractivity contribution < 1.29 is 17.9 Å². The highest BCUT2D eigenvalue weighted by Crippen LogP contribution is 2.22. The SMILES string of the molecule is C=CC(=O)Oc1ccc(S(=O)(=O)c2ccccc2)cc1. The van der Waals surface area contributed by atoms with E-state index in [-0.39, 0.29) is 15.5 Å². The summed E-state index contributed by atoms with van der Waals surface area (Å²) in [7, 11) is -3.55. The van der Waals surface area contributed by atoms with Crippen LogP contribution in [0.25, 0.3) is 0 Å². The molecule has 0 aromatic heterocycles. The Hall–Kier alpha value is -2.40. The summed E-state index contributed by atoms with van der Waals surface area (Å²) < 4.78 is 29.5. The van der Waals surface area contributed by atoms with Gasteiger partial charge >= 0.3 is 5.97 Å². The van der Waals surface area contributed by atoms with Crippen LogP contribution in [0.1, 0.15) is 0 Å². The molecule has 0 amide bonds. The van der Waals surface area contributed by atoms with Crippen LogP contribution in [0.4, 0.5) is 0 Å². The lowest BCUT2D eigenvalue weighted by Crippen LogP contribution is -2.04. The summed E-state index contributed by atoms with van der Waals surface area (Å²) in [5.74, 6) is -0.328. The van der Waals surface area contributed by atoms with Gasteiger partial charge in [0.2, 0.25) is 9.84 Å². The molecule has 2 aromatic rings. The molecule has 4 nitrogen and oxygen atoms in total. The lowest BCUT2D eigenvalue weighted by atomic mass is 10.3. The number of ether oxygens (including phenoxy) is 1. The Balaban J connectivity index is 2.30. The summed E-state index contributed by atoms with van der Waals surface area (Å²) >= 11 is 0. The van der Waals surface area contributed by atoms with Crippen LogP contribution in [0.15, 0.2) is 77.0 Å². The van der Waals surface area contributed by atoms with E-state index >= 15 is 0 Å². The second-order valence-electron chi connectivity index (χ2n) is 3.91. The number of carbonyl (C=O) groups excluding carboxylic acids is 1. The van der Waals surface area contributed by atoms with Gasteiger partial charge in [-0.05, 0) is 36.4 Å². The maximum atomic E-state index is 12.3. The second-order valence-corrected chi connectivity index (χ2v) is 5.86. The van der Waals surface area contributed by atoms with E-state index in [1.165, 1.54) is 36.4 Å². The van der Waals surface area contributed by atoms with Crippen molar-refractivity contribution >= 4 is 15.8 Å². The number of carbonyl (C=O) groups is 1. The summed E-state index contributed by atoms with van der Waals surface area (Å²) in [6.07, 6.45) is 1.04. The molecule has 0 bridgehead atoms. The lowest BCUT2D eigenvalue weighted by molar-refractivity contribution is -0.128. The zero-order valence-electron chi connectivity index (χ0n) is 10.5. The molecule has 5 heteroatoms. The van der Waals surface area contributed by atoms with Crippen LogP contribution in [-0.4, -0.2) is 14.4 Å². The third kappa shape index (κ3) is 2.95. The molecule has 0 saturated heterocycles. The Morgan fingerprint density at radius 2 is 1.50 bits per heavy atom. The first-order chi connectivity index (χ1) is 9.54. The fraction of sp³-hybridized carbons (Fsp3) is 0. The van der Waals surface area contributed by atoms with Crippen molar-refractivity contribution in [3.8, 4) is 5.75 Å². The molecule has 0 aliphatic heterocycles. The molecule has 0 unspecified atom stereocenters. The number of hydrogen-bond donors (Lipinski definition) is 0. The van der Waals surface area contributed by atoms with Gasteiger partial charge in [0.05, 0.1) is 9.79 Å². The Morgan fingerprint density at radius 1 is 0.950 bits per heavy atom. The molecule has 2 aromatic carbocycles. The zero-order chi connectivity index (χ0) is 14.6. The molecule has 0 saturated carbocycles. The van der Waals surface area contributed by atoms with Gasteiger partial charge in [-0.3, -0.25) is 0 Å². The molecule has 0 N–H and O–H groups in total. The Morgan fingerprint density at radius 3 is 2.05 bits per heavy atom. The predicted octanol–water partition coefficient (Wildman–Crippen LogP) is 2.61. The number of sulfone groups is 1. The number of rotatable bonds is 4. The molecule has 0 aliphatic carbocycles. The number of esters is 1. The standard InChI is InChI=1S/C15H12O4S/c1-2-15(16)19-12-8-10-14(11-9-12)20(17,18)13-6-4-3-5-7-13/h2-11H,1H2. The Bertz CT molecular complexity index is 716. The second kappa shape index (κ2) is 5.71. The maximum absolute atomic E-state index is 12.3. The largest absolute Gasteiger partial charge is 0.423 e. The van der Waals surface area contributed by atoms with Crippen molar-refractivity contribution in [1.82, 2.24) is 0 Å². The van der Waals surface area contributed by atoms with Gasteiger partial charge < -0.3 is 4.74 Å². The maximum Gasteiger partial charge on any atom is 0.335 e. The summed E-state index contributed by atoms with van der Waals surface area (Å²) in [4.78, 5) is 11.4. The average Bonchev–Trinajstić information content (AvgIpc) is 2.48. The molecule has 0 heterocycles. The van der Waals surface area contributed by atoms with E-state index in [0.717, 1.165) is 6.08 Å². The van der Waals surface area contributed by atoms with Crippen molar-refractivity contribution in [2.45, 2.75) is 9.79 Å².